The molecule has 8 heteroatoms. The van der Waals surface area contributed by atoms with Crippen LogP contribution in [0.1, 0.15) is 54.7 Å². The first kappa shape index (κ1) is 23.8. The Morgan fingerprint density at radius 3 is 2.47 bits per heavy atom. The van der Waals surface area contributed by atoms with E-state index in [0.717, 1.165) is 50.9 Å². The Morgan fingerprint density at radius 2 is 1.79 bits per heavy atom. The molecule has 4 rings (SSSR count). The molecule has 0 spiro atoms. The van der Waals surface area contributed by atoms with Crippen LogP contribution < -0.4 is 10.1 Å². The van der Waals surface area contributed by atoms with E-state index in [-0.39, 0.29) is 5.91 Å². The molecular weight excluding hydrogens is 446 g/mol. The molecule has 0 saturated heterocycles. The molecule has 0 bridgehead atoms. The summed E-state index contributed by atoms with van der Waals surface area (Å²) in [5, 5.41) is 14.2. The summed E-state index contributed by atoms with van der Waals surface area (Å²) >= 11 is 1.42. The molecule has 0 aliphatic heterocycles. The van der Waals surface area contributed by atoms with Gasteiger partial charge in [-0.2, -0.15) is 10.2 Å². The number of hydrogen-bond donors (Lipinski definition) is 1. The maximum absolute atomic E-state index is 13.0. The summed E-state index contributed by atoms with van der Waals surface area (Å²) in [4.78, 5) is 13.6. The highest BCUT2D eigenvalue weighted by molar-refractivity contribution is 7.12. The van der Waals surface area contributed by atoms with Crippen LogP contribution >= 0.6 is 11.3 Å². The first-order valence-corrected chi connectivity index (χ1v) is 12.1. The Morgan fingerprint density at radius 1 is 1.03 bits per heavy atom. The van der Waals surface area contributed by atoms with Gasteiger partial charge < -0.3 is 10.1 Å². The largest absolute Gasteiger partial charge is 0.489 e. The normalized spacial score (nSPS) is 11.1. The molecule has 0 radical (unpaired) electrons. The molecule has 1 N–H and O–H groups in total. The number of carbonyl (C=O) groups is 1. The van der Waals surface area contributed by atoms with Gasteiger partial charge in [0.2, 0.25) is 0 Å². The van der Waals surface area contributed by atoms with E-state index in [2.05, 4.69) is 35.4 Å². The molecule has 3 aromatic heterocycles. The van der Waals surface area contributed by atoms with Gasteiger partial charge in [0.25, 0.3) is 5.91 Å². The van der Waals surface area contributed by atoms with Crippen molar-refractivity contribution in [3.8, 4) is 5.75 Å². The second kappa shape index (κ2) is 9.46. The van der Waals surface area contributed by atoms with Crippen molar-refractivity contribution in [3.63, 3.8) is 0 Å². The van der Waals surface area contributed by atoms with E-state index in [4.69, 9.17) is 4.74 Å². The molecular formula is C26H31N5O2S. The Hall–Kier alpha value is -3.39. The van der Waals surface area contributed by atoms with Gasteiger partial charge in [-0.1, -0.05) is 17.7 Å². The standard InChI is InChI=1S/C26H31N5O2S/c1-15-8-9-23(16(2)10-15)33-13-21-11-24(34-14-21)26(32)27-25-18(4)29-31(20(25)6)12-22-17(3)28-30(7)19(22)5/h8-11,14H,12-13H2,1-7H3,(H,27,32). The van der Waals surface area contributed by atoms with Crippen molar-refractivity contribution in [2.24, 2.45) is 7.05 Å². The van der Waals surface area contributed by atoms with Crippen molar-refractivity contribution in [2.75, 3.05) is 5.32 Å². The lowest BCUT2D eigenvalue weighted by Crippen LogP contribution is -2.12. The molecule has 0 atom stereocenters. The predicted octanol–water partition coefficient (Wildman–Crippen LogP) is 5.41. The average Bonchev–Trinajstić information content (AvgIpc) is 3.43. The van der Waals surface area contributed by atoms with Crippen LogP contribution in [0, 0.1) is 41.5 Å². The number of aromatic nitrogens is 4. The van der Waals surface area contributed by atoms with Gasteiger partial charge in [0.15, 0.2) is 0 Å². The van der Waals surface area contributed by atoms with Crippen molar-refractivity contribution in [2.45, 2.75) is 54.7 Å². The van der Waals surface area contributed by atoms with Gasteiger partial charge in [-0.3, -0.25) is 14.2 Å². The van der Waals surface area contributed by atoms with Crippen LogP contribution in [0.15, 0.2) is 29.6 Å². The quantitative estimate of drug-likeness (QED) is 0.386. The maximum Gasteiger partial charge on any atom is 0.265 e. The topological polar surface area (TPSA) is 74.0 Å². The highest BCUT2D eigenvalue weighted by atomic mass is 32.1. The van der Waals surface area contributed by atoms with Crippen LogP contribution in [0.4, 0.5) is 5.69 Å². The second-order valence-electron chi connectivity index (χ2n) is 8.81. The fourth-order valence-corrected chi connectivity index (χ4v) is 4.89. The van der Waals surface area contributed by atoms with Gasteiger partial charge in [0.05, 0.1) is 34.2 Å². The van der Waals surface area contributed by atoms with Gasteiger partial charge in [-0.15, -0.1) is 11.3 Å². The van der Waals surface area contributed by atoms with Crippen molar-refractivity contribution in [1.82, 2.24) is 19.6 Å². The summed E-state index contributed by atoms with van der Waals surface area (Å²) in [5.74, 6) is 0.725. The van der Waals surface area contributed by atoms with Crippen molar-refractivity contribution >= 4 is 22.9 Å². The lowest BCUT2D eigenvalue weighted by molar-refractivity contribution is 0.103. The lowest BCUT2D eigenvalue weighted by atomic mass is 10.1. The molecule has 0 aliphatic carbocycles. The summed E-state index contributed by atoms with van der Waals surface area (Å²) in [6.45, 7) is 13.1. The van der Waals surface area contributed by atoms with Gasteiger partial charge in [0, 0.05) is 23.9 Å². The van der Waals surface area contributed by atoms with Gasteiger partial charge >= 0.3 is 0 Å². The van der Waals surface area contributed by atoms with Crippen LogP contribution in [0.5, 0.6) is 5.75 Å². The number of hydrogen-bond acceptors (Lipinski definition) is 5. The molecule has 0 fully saturated rings. The average molecular weight is 478 g/mol. The highest BCUT2D eigenvalue weighted by Crippen LogP contribution is 2.25. The zero-order valence-corrected chi connectivity index (χ0v) is 21.6. The molecule has 4 aromatic rings. The number of rotatable bonds is 7. The fraction of sp³-hybridized carbons (Fsp3) is 0.346. The first-order valence-electron chi connectivity index (χ1n) is 11.3. The minimum Gasteiger partial charge on any atom is -0.489 e. The number of carbonyl (C=O) groups excluding carboxylic acids is 1. The predicted molar refractivity (Wildman–Crippen MR) is 136 cm³/mol. The van der Waals surface area contributed by atoms with E-state index in [0.29, 0.717) is 18.0 Å². The first-order chi connectivity index (χ1) is 16.1. The third kappa shape index (κ3) is 4.77. The number of benzene rings is 1. The summed E-state index contributed by atoms with van der Waals surface area (Å²) in [6.07, 6.45) is 0. The molecule has 178 valence electrons. The molecule has 0 saturated carbocycles. The molecule has 0 unspecified atom stereocenters. The Balaban J connectivity index is 1.44. The minimum atomic E-state index is -0.137. The van der Waals surface area contributed by atoms with E-state index >= 15 is 0 Å². The minimum absolute atomic E-state index is 0.137. The highest BCUT2D eigenvalue weighted by Gasteiger charge is 2.19. The van der Waals surface area contributed by atoms with E-state index in [1.807, 2.05) is 67.7 Å². The molecule has 3 heterocycles. The van der Waals surface area contributed by atoms with E-state index in [1.54, 1.807) is 0 Å². The van der Waals surface area contributed by atoms with Crippen LogP contribution in [0.2, 0.25) is 0 Å². The molecule has 0 aliphatic rings. The smallest absolute Gasteiger partial charge is 0.265 e. The third-order valence-electron chi connectivity index (χ3n) is 6.19. The van der Waals surface area contributed by atoms with Crippen molar-refractivity contribution in [3.05, 3.63) is 79.6 Å². The summed E-state index contributed by atoms with van der Waals surface area (Å²) in [5.41, 5.74) is 9.01. The number of ether oxygens (including phenoxy) is 1. The van der Waals surface area contributed by atoms with Crippen molar-refractivity contribution in [1.29, 1.82) is 0 Å². The van der Waals surface area contributed by atoms with E-state index in [1.165, 1.54) is 16.9 Å². The van der Waals surface area contributed by atoms with Gasteiger partial charge in [0.1, 0.15) is 12.4 Å². The Kier molecular flexibility index (Phi) is 6.61. The lowest BCUT2D eigenvalue weighted by Gasteiger charge is -2.08. The fourth-order valence-electron chi connectivity index (χ4n) is 4.10. The van der Waals surface area contributed by atoms with Gasteiger partial charge in [-0.05, 0) is 64.6 Å². The van der Waals surface area contributed by atoms with Crippen LogP contribution in [0.25, 0.3) is 0 Å². The Labute approximate surface area is 204 Å². The zero-order valence-electron chi connectivity index (χ0n) is 20.8. The SMILES string of the molecule is Cc1ccc(OCc2csc(C(=O)Nc3c(C)nn(Cc4c(C)nn(C)c4C)c3C)c2)c(C)c1. The summed E-state index contributed by atoms with van der Waals surface area (Å²) in [6, 6.07) is 8.02. The summed E-state index contributed by atoms with van der Waals surface area (Å²) in [7, 11) is 1.95. The monoisotopic (exact) mass is 477 g/mol. The Bertz CT molecular complexity index is 1360. The van der Waals surface area contributed by atoms with E-state index in [9.17, 15) is 4.79 Å². The zero-order chi connectivity index (χ0) is 24.6. The maximum atomic E-state index is 13.0. The number of nitrogens with zero attached hydrogens (tertiary/aromatic N) is 4. The number of thiophene rings is 1. The van der Waals surface area contributed by atoms with Crippen LogP contribution in [-0.4, -0.2) is 25.5 Å². The van der Waals surface area contributed by atoms with E-state index < -0.39 is 0 Å². The summed E-state index contributed by atoms with van der Waals surface area (Å²) < 4.78 is 9.78. The molecule has 34 heavy (non-hydrogen) atoms. The van der Waals surface area contributed by atoms with Gasteiger partial charge in [-0.25, -0.2) is 0 Å². The molecule has 1 amide bonds. The number of aryl methyl sites for hydroxylation is 5. The number of nitrogens with one attached hydrogen (secondary N) is 1. The van der Waals surface area contributed by atoms with Crippen molar-refractivity contribution < 1.29 is 9.53 Å². The van der Waals surface area contributed by atoms with Crippen LogP contribution in [-0.2, 0) is 20.2 Å². The second-order valence-corrected chi connectivity index (χ2v) is 9.72. The number of amides is 1. The van der Waals surface area contributed by atoms with Crippen LogP contribution in [0.3, 0.4) is 0 Å². The molecule has 1 aromatic carbocycles. The number of anilines is 1. The molecule has 7 nitrogen and oxygen atoms in total. The third-order valence-corrected chi connectivity index (χ3v) is 7.17.